The molecular formula is C47H45N3OSi+2. The number of aryl methyl sites for hydroxylation is 3. The first kappa shape index (κ1) is 31.5. The van der Waals surface area contributed by atoms with Crippen LogP contribution in [0.2, 0.25) is 19.6 Å². The largest absolute Gasteiger partial charge is 0.455 e. The molecule has 0 saturated carbocycles. The third-order valence-corrected chi connectivity index (χ3v) is 13.8. The van der Waals surface area contributed by atoms with Crippen molar-refractivity contribution in [3.05, 3.63) is 143 Å². The zero-order valence-electron chi connectivity index (χ0n) is 31.4. The predicted molar refractivity (Wildman–Crippen MR) is 216 cm³/mol. The molecule has 0 amide bonds. The van der Waals surface area contributed by atoms with E-state index in [-0.39, 0.29) is 0 Å². The van der Waals surface area contributed by atoms with Crippen molar-refractivity contribution in [3.8, 4) is 28.3 Å². The number of imidazole rings is 1. The molecule has 5 heteroatoms. The van der Waals surface area contributed by atoms with Gasteiger partial charge in [0, 0.05) is 22.0 Å². The number of aromatic nitrogens is 3. The maximum atomic E-state index is 7.01. The van der Waals surface area contributed by atoms with E-state index in [4.69, 9.17) is 4.42 Å². The van der Waals surface area contributed by atoms with Crippen molar-refractivity contribution in [2.24, 2.45) is 5.92 Å². The highest BCUT2D eigenvalue weighted by Crippen LogP contribution is 2.52. The number of fused-ring (bicyclic) bond motifs is 16. The van der Waals surface area contributed by atoms with Crippen molar-refractivity contribution in [2.75, 3.05) is 0 Å². The molecule has 4 nitrogen and oxygen atoms in total. The Balaban J connectivity index is 1.48. The zero-order chi connectivity index (χ0) is 35.8. The molecule has 5 heterocycles. The predicted octanol–water partition coefficient (Wildman–Crippen LogP) is 10.0. The van der Waals surface area contributed by atoms with Crippen LogP contribution in [0.15, 0.2) is 114 Å². The Morgan fingerprint density at radius 3 is 2.27 bits per heavy atom. The van der Waals surface area contributed by atoms with Gasteiger partial charge in [-0.15, -0.1) is 9.13 Å². The summed E-state index contributed by atoms with van der Waals surface area (Å²) in [5.41, 5.74) is 16.4. The van der Waals surface area contributed by atoms with Crippen LogP contribution in [0.5, 0.6) is 0 Å². The molecule has 8 aromatic rings. The fourth-order valence-corrected chi connectivity index (χ4v) is 11.3. The molecule has 2 aliphatic heterocycles. The standard InChI is InChI=1S/C47H45N3OSi/c1-28(2)24-32-26-40-35-25-29(3)20-22-36(35)47(48(40)27-42(32)52(6,7)8)37-23-21-34-33-16-9-12-19-41(33)51-45(34)43(37)46-49(44-30(4)14-13-15-31(44)5)38-17-10-11-18-39(38)50(46)47/h9-23,25-28H,24H2,1-8H3/q+2. The highest BCUT2D eigenvalue weighted by Gasteiger charge is 2.67. The van der Waals surface area contributed by atoms with E-state index in [0.29, 0.717) is 5.92 Å². The maximum absolute atomic E-state index is 7.01. The zero-order valence-corrected chi connectivity index (χ0v) is 32.4. The summed E-state index contributed by atoms with van der Waals surface area (Å²) in [7, 11) is -1.79. The van der Waals surface area contributed by atoms with Crippen LogP contribution in [0.3, 0.4) is 0 Å². The molecule has 0 N–H and O–H groups in total. The van der Waals surface area contributed by atoms with Crippen molar-refractivity contribution in [2.45, 2.75) is 66.3 Å². The van der Waals surface area contributed by atoms with E-state index in [1.165, 1.54) is 72.1 Å². The molecule has 5 aromatic carbocycles. The van der Waals surface area contributed by atoms with E-state index in [1.54, 1.807) is 0 Å². The van der Waals surface area contributed by atoms with Gasteiger partial charge in [0.15, 0.2) is 22.8 Å². The molecule has 1 spiro atoms. The first-order valence-corrected chi connectivity index (χ1v) is 22.3. The molecule has 0 aliphatic carbocycles. The lowest BCUT2D eigenvalue weighted by Crippen LogP contribution is -2.72. The Hall–Kier alpha value is -5.26. The van der Waals surface area contributed by atoms with Crippen molar-refractivity contribution < 1.29 is 13.6 Å². The Labute approximate surface area is 306 Å². The van der Waals surface area contributed by atoms with Gasteiger partial charge < -0.3 is 4.42 Å². The molecular weight excluding hydrogens is 651 g/mol. The van der Waals surface area contributed by atoms with E-state index in [0.717, 1.165) is 34.2 Å². The van der Waals surface area contributed by atoms with Gasteiger partial charge in [-0.3, -0.25) is 0 Å². The van der Waals surface area contributed by atoms with E-state index >= 15 is 0 Å². The lowest BCUT2D eigenvalue weighted by atomic mass is 9.88. The Kier molecular flexibility index (Phi) is 6.44. The second kappa shape index (κ2) is 10.6. The Morgan fingerprint density at radius 2 is 1.50 bits per heavy atom. The molecule has 256 valence electrons. The van der Waals surface area contributed by atoms with Crippen LogP contribution >= 0.6 is 0 Å². The average molecular weight is 696 g/mol. The Morgan fingerprint density at radius 1 is 0.769 bits per heavy atom. The topological polar surface area (TPSA) is 25.8 Å². The highest BCUT2D eigenvalue weighted by atomic mass is 28.3. The van der Waals surface area contributed by atoms with Crippen molar-refractivity contribution in [1.82, 2.24) is 4.57 Å². The molecule has 10 rings (SSSR count). The SMILES string of the molecule is Cc1ccc2c(c1)-c1cc(CC(C)C)c([Si](C)(C)C)c[n+]1C21c2ccc3c(oc4ccccc43)c2-c2n(-c3c(C)cccc3C)c3ccccc3[n+]21. The summed E-state index contributed by atoms with van der Waals surface area (Å²) in [4.78, 5) is 0. The maximum Gasteiger partial charge on any atom is 0.364 e. The molecule has 52 heavy (non-hydrogen) atoms. The second-order valence-corrected chi connectivity index (χ2v) is 21.8. The molecule has 0 saturated heterocycles. The van der Waals surface area contributed by atoms with Gasteiger partial charge in [-0.1, -0.05) is 93.6 Å². The monoisotopic (exact) mass is 695 g/mol. The number of para-hydroxylation sites is 4. The van der Waals surface area contributed by atoms with Crippen LogP contribution in [0.25, 0.3) is 61.3 Å². The minimum Gasteiger partial charge on any atom is -0.455 e. The molecule has 1 atom stereocenters. The van der Waals surface area contributed by atoms with Gasteiger partial charge in [-0.25, -0.2) is 0 Å². The van der Waals surface area contributed by atoms with Crippen molar-refractivity contribution in [3.63, 3.8) is 0 Å². The number of rotatable bonds is 4. The van der Waals surface area contributed by atoms with E-state index in [1.807, 2.05) is 0 Å². The van der Waals surface area contributed by atoms with Crippen LogP contribution in [0.4, 0.5) is 0 Å². The van der Waals surface area contributed by atoms with E-state index < -0.39 is 13.7 Å². The molecule has 0 bridgehead atoms. The van der Waals surface area contributed by atoms with Crippen LogP contribution in [0.1, 0.15) is 47.2 Å². The number of benzene rings is 5. The summed E-state index contributed by atoms with van der Waals surface area (Å²) in [6.07, 6.45) is 3.65. The number of hydrogen-bond acceptors (Lipinski definition) is 1. The summed E-state index contributed by atoms with van der Waals surface area (Å²) in [5.74, 6) is 1.72. The minimum atomic E-state index is -1.79. The molecule has 0 fully saturated rings. The summed E-state index contributed by atoms with van der Waals surface area (Å²) < 4.78 is 14.9. The van der Waals surface area contributed by atoms with Crippen LogP contribution in [-0.2, 0) is 12.1 Å². The fourth-order valence-electron chi connectivity index (χ4n) is 9.69. The van der Waals surface area contributed by atoms with Crippen molar-refractivity contribution in [1.29, 1.82) is 0 Å². The molecule has 2 aliphatic rings. The van der Waals surface area contributed by atoms with Gasteiger partial charge in [0.25, 0.3) is 0 Å². The van der Waals surface area contributed by atoms with Gasteiger partial charge in [-0.05, 0) is 92.3 Å². The first-order chi connectivity index (χ1) is 25.0. The summed E-state index contributed by atoms with van der Waals surface area (Å²) >= 11 is 0. The molecule has 1 unspecified atom stereocenters. The summed E-state index contributed by atoms with van der Waals surface area (Å²) in [5, 5.41) is 3.84. The van der Waals surface area contributed by atoms with E-state index in [2.05, 4.69) is 177 Å². The van der Waals surface area contributed by atoms with Gasteiger partial charge in [0.1, 0.15) is 16.8 Å². The quantitative estimate of drug-likeness (QED) is 0.133. The van der Waals surface area contributed by atoms with Crippen LogP contribution < -0.4 is 14.3 Å². The number of nitrogens with zero attached hydrogens (tertiary/aromatic N) is 3. The lowest BCUT2D eigenvalue weighted by Gasteiger charge is -2.24. The molecule has 0 radical (unpaired) electrons. The summed E-state index contributed by atoms with van der Waals surface area (Å²) in [6.45, 7) is 18.9. The number of furan rings is 1. The fraction of sp³-hybridized carbons (Fsp3) is 0.234. The van der Waals surface area contributed by atoms with Crippen LogP contribution in [0, 0.1) is 26.7 Å². The van der Waals surface area contributed by atoms with Gasteiger partial charge in [0.2, 0.25) is 5.69 Å². The summed E-state index contributed by atoms with van der Waals surface area (Å²) in [6, 6.07) is 38.6. The van der Waals surface area contributed by atoms with Crippen molar-refractivity contribution >= 4 is 46.2 Å². The lowest BCUT2D eigenvalue weighted by molar-refractivity contribution is -0.944. The smallest absolute Gasteiger partial charge is 0.364 e. The van der Waals surface area contributed by atoms with Gasteiger partial charge >= 0.3 is 11.5 Å². The third kappa shape index (κ3) is 3.97. The van der Waals surface area contributed by atoms with E-state index in [9.17, 15) is 0 Å². The van der Waals surface area contributed by atoms with Gasteiger partial charge in [-0.2, -0.15) is 4.57 Å². The molecule has 3 aromatic heterocycles. The second-order valence-electron chi connectivity index (χ2n) is 16.7. The first-order valence-electron chi connectivity index (χ1n) is 18.8. The normalized spacial score (nSPS) is 16.0. The van der Waals surface area contributed by atoms with Gasteiger partial charge in [0.05, 0.1) is 24.8 Å². The number of hydrogen-bond donors (Lipinski definition) is 0. The van der Waals surface area contributed by atoms with Crippen LogP contribution in [-0.4, -0.2) is 12.6 Å². The number of pyridine rings is 1. The third-order valence-electron chi connectivity index (χ3n) is 11.7. The highest BCUT2D eigenvalue weighted by molar-refractivity contribution is 6.89. The minimum absolute atomic E-state index is 0.565. The Bertz CT molecular complexity index is 2810. The average Bonchev–Trinajstić information content (AvgIpc) is 3.80.